The maximum atomic E-state index is 11.7. The molecule has 2 aliphatic carbocycles. The minimum absolute atomic E-state index is 0.168. The fourth-order valence-corrected chi connectivity index (χ4v) is 3.65. The van der Waals surface area contributed by atoms with Gasteiger partial charge in [-0.1, -0.05) is 31.2 Å². The summed E-state index contributed by atoms with van der Waals surface area (Å²) in [4.78, 5) is 11.7. The molecule has 3 rings (SSSR count). The Labute approximate surface area is 107 Å². The van der Waals surface area contributed by atoms with E-state index in [4.69, 9.17) is 4.74 Å². The van der Waals surface area contributed by atoms with Gasteiger partial charge in [0.25, 0.3) is 0 Å². The van der Waals surface area contributed by atoms with Crippen molar-refractivity contribution in [2.45, 2.75) is 38.9 Å². The van der Waals surface area contributed by atoms with E-state index in [1.165, 1.54) is 5.57 Å². The molecular formula is C15H18O3. The van der Waals surface area contributed by atoms with Crippen molar-refractivity contribution in [3.05, 3.63) is 35.5 Å². The molecule has 3 heteroatoms. The Morgan fingerprint density at radius 2 is 2.28 bits per heavy atom. The topological polar surface area (TPSA) is 46.5 Å². The summed E-state index contributed by atoms with van der Waals surface area (Å²) in [5.41, 5.74) is 2.34. The van der Waals surface area contributed by atoms with Crippen LogP contribution in [0.2, 0.25) is 0 Å². The number of ether oxygens (including phenoxy) is 1. The lowest BCUT2D eigenvalue weighted by Crippen LogP contribution is -2.47. The molecule has 1 heterocycles. The second-order valence-corrected chi connectivity index (χ2v) is 5.98. The van der Waals surface area contributed by atoms with E-state index in [2.05, 4.69) is 25.7 Å². The van der Waals surface area contributed by atoms with Gasteiger partial charge < -0.3 is 9.84 Å². The minimum atomic E-state index is -1.39. The fraction of sp³-hybridized carbons (Fsp3) is 0.533. The Hall–Kier alpha value is -1.35. The van der Waals surface area contributed by atoms with Gasteiger partial charge in [-0.3, -0.25) is 0 Å². The Balaban J connectivity index is 2.08. The van der Waals surface area contributed by atoms with Crippen LogP contribution in [0.3, 0.4) is 0 Å². The summed E-state index contributed by atoms with van der Waals surface area (Å²) in [7, 11) is 0. The SMILES string of the molecule is C=C1CC=C[C@]2(C)C[C@]3(O)OC(=O)C(C)=C3C[C@@H]12. The summed E-state index contributed by atoms with van der Waals surface area (Å²) in [5.74, 6) is -1.49. The zero-order valence-corrected chi connectivity index (χ0v) is 10.8. The monoisotopic (exact) mass is 246 g/mol. The Morgan fingerprint density at radius 3 is 3.00 bits per heavy atom. The fourth-order valence-electron chi connectivity index (χ4n) is 3.65. The molecule has 18 heavy (non-hydrogen) atoms. The molecule has 1 N–H and O–H groups in total. The Bertz CT molecular complexity index is 512. The third-order valence-corrected chi connectivity index (χ3v) is 4.69. The number of rotatable bonds is 0. The van der Waals surface area contributed by atoms with E-state index in [0.717, 1.165) is 12.0 Å². The van der Waals surface area contributed by atoms with E-state index >= 15 is 0 Å². The Morgan fingerprint density at radius 1 is 1.56 bits per heavy atom. The lowest BCUT2D eigenvalue weighted by molar-refractivity contribution is -0.197. The molecule has 0 radical (unpaired) electrons. The summed E-state index contributed by atoms with van der Waals surface area (Å²) in [6.45, 7) is 7.99. The van der Waals surface area contributed by atoms with E-state index < -0.39 is 5.79 Å². The molecule has 96 valence electrons. The van der Waals surface area contributed by atoms with Crippen LogP contribution < -0.4 is 0 Å². The van der Waals surface area contributed by atoms with Crippen LogP contribution in [0.5, 0.6) is 0 Å². The van der Waals surface area contributed by atoms with Gasteiger partial charge in [0.15, 0.2) is 0 Å². The van der Waals surface area contributed by atoms with Gasteiger partial charge in [0, 0.05) is 17.6 Å². The molecule has 0 aromatic heterocycles. The highest BCUT2D eigenvalue weighted by molar-refractivity contribution is 5.92. The van der Waals surface area contributed by atoms with Crippen LogP contribution in [0.25, 0.3) is 0 Å². The maximum absolute atomic E-state index is 11.7. The summed E-state index contributed by atoms with van der Waals surface area (Å²) in [6, 6.07) is 0. The molecule has 0 saturated heterocycles. The first kappa shape index (κ1) is 11.7. The van der Waals surface area contributed by atoms with Crippen molar-refractivity contribution in [1.29, 1.82) is 0 Å². The average Bonchev–Trinajstić information content (AvgIpc) is 2.46. The van der Waals surface area contributed by atoms with Crippen molar-refractivity contribution in [1.82, 2.24) is 0 Å². The first-order chi connectivity index (χ1) is 8.36. The minimum Gasteiger partial charge on any atom is -0.426 e. The maximum Gasteiger partial charge on any atom is 0.336 e. The van der Waals surface area contributed by atoms with Crippen LogP contribution in [-0.2, 0) is 9.53 Å². The van der Waals surface area contributed by atoms with Crippen molar-refractivity contribution >= 4 is 5.97 Å². The third-order valence-electron chi connectivity index (χ3n) is 4.69. The normalized spacial score (nSPS) is 42.7. The van der Waals surface area contributed by atoms with E-state index in [0.29, 0.717) is 24.3 Å². The number of hydrogen-bond acceptors (Lipinski definition) is 3. The summed E-state index contributed by atoms with van der Waals surface area (Å²) in [5, 5.41) is 10.6. The number of fused-ring (bicyclic) bond motifs is 2. The van der Waals surface area contributed by atoms with Crippen LogP contribution >= 0.6 is 0 Å². The lowest BCUT2D eigenvalue weighted by Gasteiger charge is -2.48. The molecule has 0 amide bonds. The van der Waals surface area contributed by atoms with Crippen LogP contribution in [0.15, 0.2) is 35.5 Å². The van der Waals surface area contributed by atoms with Gasteiger partial charge in [0.1, 0.15) is 0 Å². The highest BCUT2D eigenvalue weighted by atomic mass is 16.7. The number of esters is 1. The van der Waals surface area contributed by atoms with E-state index in [1.54, 1.807) is 6.92 Å². The zero-order chi connectivity index (χ0) is 13.1. The Kier molecular flexibility index (Phi) is 2.18. The van der Waals surface area contributed by atoms with E-state index in [-0.39, 0.29) is 11.4 Å². The quantitative estimate of drug-likeness (QED) is 0.527. The predicted octanol–water partition coefficient (Wildman–Crippen LogP) is 2.48. The standard InChI is InChI=1S/C15H18O3/c1-9-5-4-6-14(3)8-15(17)12(7-11(9)14)10(2)13(16)18-15/h4,6,11,17H,1,5,7-8H2,2-3H3/t11-,14+,15-/m0/s1. The van der Waals surface area contributed by atoms with Crippen LogP contribution in [0.4, 0.5) is 0 Å². The van der Waals surface area contributed by atoms with E-state index in [1.807, 2.05) is 0 Å². The van der Waals surface area contributed by atoms with Gasteiger partial charge in [-0.15, -0.1) is 0 Å². The first-order valence-electron chi connectivity index (χ1n) is 6.37. The number of carbonyl (C=O) groups excluding carboxylic acids is 1. The lowest BCUT2D eigenvalue weighted by atomic mass is 9.59. The van der Waals surface area contributed by atoms with Crippen molar-refractivity contribution in [2.75, 3.05) is 0 Å². The molecule has 1 saturated carbocycles. The summed E-state index contributed by atoms with van der Waals surface area (Å²) >= 11 is 0. The van der Waals surface area contributed by atoms with Gasteiger partial charge in [0.05, 0.1) is 0 Å². The number of allylic oxidation sites excluding steroid dienone is 3. The highest BCUT2D eigenvalue weighted by Gasteiger charge is 2.56. The van der Waals surface area contributed by atoms with Crippen molar-refractivity contribution in [3.8, 4) is 0 Å². The van der Waals surface area contributed by atoms with Crippen molar-refractivity contribution < 1.29 is 14.6 Å². The van der Waals surface area contributed by atoms with Crippen LogP contribution in [-0.4, -0.2) is 16.9 Å². The molecule has 0 bridgehead atoms. The molecule has 3 atom stereocenters. The van der Waals surface area contributed by atoms with Crippen molar-refractivity contribution in [2.24, 2.45) is 11.3 Å². The molecule has 0 aromatic rings. The van der Waals surface area contributed by atoms with Gasteiger partial charge in [-0.25, -0.2) is 4.79 Å². The highest BCUT2D eigenvalue weighted by Crippen LogP contribution is 2.56. The molecule has 0 unspecified atom stereocenters. The molecular weight excluding hydrogens is 228 g/mol. The smallest absolute Gasteiger partial charge is 0.336 e. The first-order valence-corrected chi connectivity index (χ1v) is 6.37. The number of carbonyl (C=O) groups is 1. The van der Waals surface area contributed by atoms with Gasteiger partial charge in [-0.05, 0) is 31.1 Å². The number of hydrogen-bond donors (Lipinski definition) is 1. The van der Waals surface area contributed by atoms with Crippen LogP contribution in [0.1, 0.15) is 33.1 Å². The van der Waals surface area contributed by atoms with Crippen molar-refractivity contribution in [3.63, 3.8) is 0 Å². The third kappa shape index (κ3) is 1.37. The summed E-state index contributed by atoms with van der Waals surface area (Å²) < 4.78 is 5.19. The van der Waals surface area contributed by atoms with E-state index in [9.17, 15) is 9.90 Å². The molecule has 0 spiro atoms. The average molecular weight is 246 g/mol. The zero-order valence-electron chi connectivity index (χ0n) is 10.8. The summed E-state index contributed by atoms with van der Waals surface area (Å²) in [6.07, 6.45) is 6.23. The second kappa shape index (κ2) is 3.35. The second-order valence-electron chi connectivity index (χ2n) is 5.98. The molecule has 1 fully saturated rings. The number of aliphatic hydroxyl groups is 1. The largest absolute Gasteiger partial charge is 0.426 e. The molecule has 0 aromatic carbocycles. The predicted molar refractivity (Wildman–Crippen MR) is 67.5 cm³/mol. The van der Waals surface area contributed by atoms with Crippen LogP contribution in [0, 0.1) is 11.3 Å². The van der Waals surface area contributed by atoms with Gasteiger partial charge in [-0.2, -0.15) is 0 Å². The van der Waals surface area contributed by atoms with Gasteiger partial charge in [0.2, 0.25) is 5.79 Å². The molecule has 1 aliphatic heterocycles. The molecule has 3 nitrogen and oxygen atoms in total. The van der Waals surface area contributed by atoms with Gasteiger partial charge >= 0.3 is 5.97 Å². The molecule has 3 aliphatic rings.